The molecular weight excluding hydrogens is 275 g/mol. The van der Waals surface area contributed by atoms with Crippen LogP contribution in [0.1, 0.15) is 58.2 Å². The molecule has 1 atom stereocenters. The van der Waals surface area contributed by atoms with Crippen molar-refractivity contribution in [1.82, 2.24) is 0 Å². The molecule has 1 rings (SSSR count). The van der Waals surface area contributed by atoms with E-state index in [-0.39, 0.29) is 17.0 Å². The van der Waals surface area contributed by atoms with E-state index in [1.807, 2.05) is 12.1 Å². The summed E-state index contributed by atoms with van der Waals surface area (Å²) in [4.78, 5) is 9.45. The maximum Gasteiger partial charge on any atom is 0.359 e. The molecule has 0 aromatic heterocycles. The number of benzene rings is 1. The molecule has 0 bridgehead atoms. The van der Waals surface area contributed by atoms with Gasteiger partial charge >= 0.3 is 7.60 Å². The Morgan fingerprint density at radius 3 is 1.70 bits per heavy atom. The molecule has 1 aromatic carbocycles. The van der Waals surface area contributed by atoms with Crippen molar-refractivity contribution >= 4 is 7.60 Å². The number of hydrogen-bond donors (Lipinski definition) is 2. The fourth-order valence-corrected chi connectivity index (χ4v) is 2.61. The molecule has 2 N–H and O–H groups in total. The highest BCUT2D eigenvalue weighted by Crippen LogP contribution is 2.45. The highest BCUT2D eigenvalue weighted by atomic mass is 31.2. The van der Waals surface area contributed by atoms with E-state index in [0.717, 1.165) is 11.1 Å². The largest absolute Gasteiger partial charge is 0.359 e. The van der Waals surface area contributed by atoms with Gasteiger partial charge in [0.15, 0.2) is 0 Å². The maximum absolute atomic E-state index is 11.6. The van der Waals surface area contributed by atoms with Gasteiger partial charge in [0.05, 0.1) is 6.16 Å². The van der Waals surface area contributed by atoms with Crippen LogP contribution < -0.4 is 0 Å². The van der Waals surface area contributed by atoms with E-state index in [2.05, 4.69) is 52.3 Å². The number of hydrogen-bond acceptors (Lipinski definition) is 3. The Morgan fingerprint density at radius 1 is 1.00 bits per heavy atom. The molecule has 1 unspecified atom stereocenters. The van der Waals surface area contributed by atoms with Crippen LogP contribution in [0.25, 0.3) is 0 Å². The van der Waals surface area contributed by atoms with Gasteiger partial charge in [-0.15, -0.1) is 0 Å². The first kappa shape index (κ1) is 17.4. The molecule has 0 spiro atoms. The lowest BCUT2D eigenvalue weighted by Crippen LogP contribution is -2.17. The molecule has 0 radical (unpaired) electrons. The zero-order chi connectivity index (χ0) is 15.8. The summed E-state index contributed by atoms with van der Waals surface area (Å²) in [5, 5.41) is 8.50. The monoisotopic (exact) mass is 300 g/mol. The Morgan fingerprint density at radius 2 is 1.40 bits per heavy atom. The minimum Gasteiger partial charge on any atom is -0.323 e. The average Bonchev–Trinajstić information content (AvgIpc) is 2.25. The minimum atomic E-state index is -3.98. The van der Waals surface area contributed by atoms with Gasteiger partial charge in [0.25, 0.3) is 0 Å². The van der Waals surface area contributed by atoms with E-state index < -0.39 is 7.60 Å². The summed E-state index contributed by atoms with van der Waals surface area (Å²) < 4.78 is 15.3. The smallest absolute Gasteiger partial charge is 0.323 e. The lowest BCUT2D eigenvalue weighted by Gasteiger charge is -2.26. The molecular formula is C15H25O4P. The third kappa shape index (κ3) is 4.71. The fourth-order valence-electron chi connectivity index (χ4n) is 1.91. The molecule has 0 aliphatic heterocycles. The Kier molecular flexibility index (Phi) is 4.87. The van der Waals surface area contributed by atoms with Crippen LogP contribution in [0.15, 0.2) is 18.2 Å². The van der Waals surface area contributed by atoms with Crippen LogP contribution in [0.5, 0.6) is 0 Å². The van der Waals surface area contributed by atoms with Gasteiger partial charge in [-0.3, -0.25) is 4.57 Å². The molecule has 0 aliphatic carbocycles. The predicted octanol–water partition coefficient (Wildman–Crippen LogP) is 4.46. The van der Waals surface area contributed by atoms with Crippen molar-refractivity contribution in [3.8, 4) is 0 Å². The van der Waals surface area contributed by atoms with Crippen molar-refractivity contribution in [2.24, 2.45) is 0 Å². The third-order valence-electron chi connectivity index (χ3n) is 3.23. The summed E-state index contributed by atoms with van der Waals surface area (Å²) in [6, 6.07) is 5.93. The van der Waals surface area contributed by atoms with Gasteiger partial charge in [0, 0.05) is 0 Å². The van der Waals surface area contributed by atoms with Gasteiger partial charge in [0.1, 0.15) is 0 Å². The molecule has 0 fully saturated rings. The first-order valence-corrected chi connectivity index (χ1v) is 8.41. The van der Waals surface area contributed by atoms with Crippen molar-refractivity contribution < 1.29 is 19.4 Å². The predicted molar refractivity (Wildman–Crippen MR) is 81.1 cm³/mol. The molecule has 1 aromatic rings. The van der Waals surface area contributed by atoms with Gasteiger partial charge in [-0.2, -0.15) is 4.67 Å². The maximum atomic E-state index is 11.6. The molecule has 4 nitrogen and oxygen atoms in total. The van der Waals surface area contributed by atoms with E-state index in [1.165, 1.54) is 0 Å². The van der Waals surface area contributed by atoms with Gasteiger partial charge in [-0.05, 0) is 27.5 Å². The van der Waals surface area contributed by atoms with Crippen molar-refractivity contribution in [2.75, 3.05) is 0 Å². The van der Waals surface area contributed by atoms with E-state index in [1.54, 1.807) is 0 Å². The topological polar surface area (TPSA) is 66.8 Å². The first-order chi connectivity index (χ1) is 8.85. The zero-order valence-corrected chi connectivity index (χ0v) is 14.0. The lowest BCUT2D eigenvalue weighted by atomic mass is 9.80. The van der Waals surface area contributed by atoms with Crippen molar-refractivity contribution in [1.29, 1.82) is 0 Å². The second-order valence-corrected chi connectivity index (χ2v) is 9.05. The van der Waals surface area contributed by atoms with Gasteiger partial charge in [-0.1, -0.05) is 59.7 Å². The van der Waals surface area contributed by atoms with Crippen LogP contribution >= 0.6 is 7.60 Å². The molecule has 0 aliphatic rings. The quantitative estimate of drug-likeness (QED) is 0.491. The summed E-state index contributed by atoms with van der Waals surface area (Å²) in [7, 11) is -3.98. The average molecular weight is 300 g/mol. The normalized spacial score (nSPS) is 16.0. The molecule has 0 heterocycles. The standard InChI is InChI=1S/C15H25O4P/c1-14(2,3)12-7-11(10-20(17,18)19-16)8-13(9-12)15(4,5)6/h7-9,16H,10H2,1-6H3,(H,17,18). The van der Waals surface area contributed by atoms with Gasteiger partial charge < -0.3 is 4.89 Å². The summed E-state index contributed by atoms with van der Waals surface area (Å²) in [6.07, 6.45) is -0.198. The first-order valence-electron chi connectivity index (χ1n) is 6.65. The van der Waals surface area contributed by atoms with E-state index in [0.29, 0.717) is 5.56 Å². The second-order valence-electron chi connectivity index (χ2n) is 7.30. The van der Waals surface area contributed by atoms with Gasteiger partial charge in [0.2, 0.25) is 0 Å². The van der Waals surface area contributed by atoms with E-state index in [4.69, 9.17) is 5.26 Å². The van der Waals surface area contributed by atoms with Crippen LogP contribution in [-0.2, 0) is 26.2 Å². The molecule has 20 heavy (non-hydrogen) atoms. The Bertz CT molecular complexity index is 491. The Balaban J connectivity index is 3.35. The van der Waals surface area contributed by atoms with Crippen LogP contribution in [0.3, 0.4) is 0 Å². The van der Waals surface area contributed by atoms with Crippen LogP contribution in [-0.4, -0.2) is 10.2 Å². The van der Waals surface area contributed by atoms with E-state index >= 15 is 0 Å². The summed E-state index contributed by atoms with van der Waals surface area (Å²) in [5.74, 6) is 0. The van der Waals surface area contributed by atoms with Crippen LogP contribution in [0, 0.1) is 0 Å². The zero-order valence-electron chi connectivity index (χ0n) is 13.1. The fraction of sp³-hybridized carbons (Fsp3) is 0.600. The number of rotatable bonds is 3. The summed E-state index contributed by atoms with van der Waals surface area (Å²) in [5.41, 5.74) is 2.77. The molecule has 0 saturated carbocycles. The van der Waals surface area contributed by atoms with Crippen molar-refractivity contribution in [3.05, 3.63) is 34.9 Å². The minimum absolute atomic E-state index is 0.0600. The molecule has 114 valence electrons. The van der Waals surface area contributed by atoms with E-state index in [9.17, 15) is 9.46 Å². The molecule has 0 amide bonds. The highest BCUT2D eigenvalue weighted by molar-refractivity contribution is 7.51. The summed E-state index contributed by atoms with van der Waals surface area (Å²) in [6.45, 7) is 12.6. The highest BCUT2D eigenvalue weighted by Gasteiger charge is 2.24. The van der Waals surface area contributed by atoms with Crippen molar-refractivity contribution in [3.63, 3.8) is 0 Å². The van der Waals surface area contributed by atoms with Crippen LogP contribution in [0.2, 0.25) is 0 Å². The SMILES string of the molecule is CC(C)(C)c1cc(CP(=O)(O)OO)cc(C(C)(C)C)c1. The third-order valence-corrected chi connectivity index (χ3v) is 4.25. The van der Waals surface area contributed by atoms with Gasteiger partial charge in [-0.25, -0.2) is 5.26 Å². The lowest BCUT2D eigenvalue weighted by molar-refractivity contribution is -0.146. The molecule has 0 saturated heterocycles. The Hall–Kier alpha value is -0.670. The summed E-state index contributed by atoms with van der Waals surface area (Å²) >= 11 is 0. The second kappa shape index (κ2) is 5.61. The molecule has 5 heteroatoms. The Labute approximate surface area is 121 Å². The van der Waals surface area contributed by atoms with Crippen LogP contribution in [0.4, 0.5) is 0 Å². The van der Waals surface area contributed by atoms with Crippen molar-refractivity contribution in [2.45, 2.75) is 58.5 Å².